The number of anilines is 1. The summed E-state index contributed by atoms with van der Waals surface area (Å²) in [6.07, 6.45) is 2.42. The number of piperidine rings is 1. The molecule has 0 radical (unpaired) electrons. The molecule has 1 aliphatic rings. The highest BCUT2D eigenvalue weighted by atomic mass is 35.5. The van der Waals surface area contributed by atoms with Crippen LogP contribution in [0.4, 0.5) is 5.69 Å². The van der Waals surface area contributed by atoms with Gasteiger partial charge in [-0.25, -0.2) is 0 Å². The maximum absolute atomic E-state index is 12.3. The van der Waals surface area contributed by atoms with Crippen molar-refractivity contribution >= 4 is 27.5 Å². The topological polar surface area (TPSA) is 69.6 Å². The molecule has 1 heterocycles. The Labute approximate surface area is 118 Å². The van der Waals surface area contributed by atoms with E-state index in [1.54, 1.807) is 24.3 Å². The van der Waals surface area contributed by atoms with Crippen LogP contribution in [0.1, 0.15) is 19.3 Å². The molecule has 0 bridgehead atoms. The van der Waals surface area contributed by atoms with Gasteiger partial charge in [0.25, 0.3) is 0 Å². The summed E-state index contributed by atoms with van der Waals surface area (Å²) in [5, 5.41) is 9.64. The van der Waals surface area contributed by atoms with Gasteiger partial charge in [0, 0.05) is 12.6 Å². The van der Waals surface area contributed by atoms with Crippen molar-refractivity contribution < 1.29 is 13.5 Å². The van der Waals surface area contributed by atoms with Gasteiger partial charge in [-0.1, -0.05) is 30.2 Å². The summed E-state index contributed by atoms with van der Waals surface area (Å²) >= 11 is 5.94. The molecule has 1 unspecified atom stereocenters. The van der Waals surface area contributed by atoms with Crippen molar-refractivity contribution in [3.63, 3.8) is 0 Å². The van der Waals surface area contributed by atoms with E-state index in [0.29, 0.717) is 23.7 Å². The Bertz CT molecular complexity index is 536. The van der Waals surface area contributed by atoms with Gasteiger partial charge in [-0.2, -0.15) is 12.7 Å². The zero-order chi connectivity index (χ0) is 13.9. The van der Waals surface area contributed by atoms with Crippen molar-refractivity contribution in [1.82, 2.24) is 4.31 Å². The zero-order valence-corrected chi connectivity index (χ0v) is 12.0. The van der Waals surface area contributed by atoms with E-state index in [1.807, 2.05) is 0 Å². The number of halogens is 1. The maximum atomic E-state index is 12.3. The van der Waals surface area contributed by atoms with Crippen LogP contribution in [-0.4, -0.2) is 37.0 Å². The molecule has 19 heavy (non-hydrogen) atoms. The minimum atomic E-state index is -3.68. The number of nitrogens with zero attached hydrogens (tertiary/aromatic N) is 1. The minimum Gasteiger partial charge on any atom is -0.395 e. The molecular weight excluding hydrogens is 288 g/mol. The fraction of sp³-hybridized carbons (Fsp3) is 0.500. The Morgan fingerprint density at radius 3 is 2.79 bits per heavy atom. The molecule has 1 aliphatic heterocycles. The summed E-state index contributed by atoms with van der Waals surface area (Å²) in [5.41, 5.74) is 0.353. The van der Waals surface area contributed by atoms with E-state index in [9.17, 15) is 13.5 Å². The van der Waals surface area contributed by atoms with Crippen LogP contribution in [0, 0.1) is 0 Å². The Morgan fingerprint density at radius 2 is 2.11 bits per heavy atom. The summed E-state index contributed by atoms with van der Waals surface area (Å²) < 4.78 is 28.4. The van der Waals surface area contributed by atoms with E-state index in [2.05, 4.69) is 4.72 Å². The molecule has 2 rings (SSSR count). The first-order valence-electron chi connectivity index (χ1n) is 6.19. The molecule has 5 nitrogen and oxygen atoms in total. The van der Waals surface area contributed by atoms with Gasteiger partial charge in [-0.3, -0.25) is 4.72 Å². The zero-order valence-electron chi connectivity index (χ0n) is 10.4. The SMILES string of the molecule is O=S(=O)(Nc1ccccc1Cl)N1CCCCC1CO. The lowest BCUT2D eigenvalue weighted by atomic mass is 10.1. The largest absolute Gasteiger partial charge is 0.395 e. The highest BCUT2D eigenvalue weighted by Crippen LogP contribution is 2.25. The van der Waals surface area contributed by atoms with Crippen LogP contribution >= 0.6 is 11.6 Å². The summed E-state index contributed by atoms with van der Waals surface area (Å²) in [6.45, 7) is 0.258. The van der Waals surface area contributed by atoms with Gasteiger partial charge in [-0.05, 0) is 25.0 Å². The van der Waals surface area contributed by atoms with Crippen molar-refractivity contribution in [2.75, 3.05) is 17.9 Å². The smallest absolute Gasteiger partial charge is 0.302 e. The quantitative estimate of drug-likeness (QED) is 0.892. The number of hydrogen-bond donors (Lipinski definition) is 2. The molecule has 2 N–H and O–H groups in total. The lowest BCUT2D eigenvalue weighted by Gasteiger charge is -2.33. The van der Waals surface area contributed by atoms with Crippen molar-refractivity contribution in [3.8, 4) is 0 Å². The van der Waals surface area contributed by atoms with E-state index in [0.717, 1.165) is 12.8 Å². The average molecular weight is 305 g/mol. The van der Waals surface area contributed by atoms with Gasteiger partial charge >= 0.3 is 10.2 Å². The second kappa shape index (κ2) is 6.09. The van der Waals surface area contributed by atoms with Crippen LogP contribution in [-0.2, 0) is 10.2 Å². The second-order valence-electron chi connectivity index (χ2n) is 4.53. The molecule has 0 amide bonds. The van der Waals surface area contributed by atoms with Crippen molar-refractivity contribution in [1.29, 1.82) is 0 Å². The molecule has 1 aromatic rings. The lowest BCUT2D eigenvalue weighted by molar-refractivity contribution is 0.156. The third-order valence-corrected chi connectivity index (χ3v) is 5.11. The fourth-order valence-corrected chi connectivity index (χ4v) is 3.96. The van der Waals surface area contributed by atoms with Gasteiger partial charge in [0.2, 0.25) is 0 Å². The number of aliphatic hydroxyl groups excluding tert-OH is 1. The first-order valence-corrected chi connectivity index (χ1v) is 8.01. The number of aliphatic hydroxyl groups is 1. The maximum Gasteiger partial charge on any atom is 0.302 e. The molecule has 106 valence electrons. The van der Waals surface area contributed by atoms with Gasteiger partial charge in [0.05, 0.1) is 17.3 Å². The molecule has 0 saturated carbocycles. The van der Waals surface area contributed by atoms with Gasteiger partial charge in [0.1, 0.15) is 0 Å². The van der Waals surface area contributed by atoms with E-state index in [1.165, 1.54) is 4.31 Å². The second-order valence-corrected chi connectivity index (χ2v) is 6.56. The van der Waals surface area contributed by atoms with Gasteiger partial charge < -0.3 is 5.11 Å². The molecule has 1 fully saturated rings. The molecule has 1 aromatic carbocycles. The molecular formula is C12H17ClN2O3S. The third-order valence-electron chi connectivity index (χ3n) is 3.21. The monoisotopic (exact) mass is 304 g/mol. The molecule has 0 spiro atoms. The molecule has 1 saturated heterocycles. The fourth-order valence-electron chi connectivity index (χ4n) is 2.21. The van der Waals surface area contributed by atoms with E-state index in [4.69, 9.17) is 11.6 Å². The summed E-state index contributed by atoms with van der Waals surface area (Å²) in [6, 6.07) is 6.33. The van der Waals surface area contributed by atoms with Crippen LogP contribution in [0.15, 0.2) is 24.3 Å². The Morgan fingerprint density at radius 1 is 1.37 bits per heavy atom. The Hall–Kier alpha value is -0.820. The normalized spacial score (nSPS) is 21.3. The predicted molar refractivity (Wildman–Crippen MR) is 75.4 cm³/mol. The van der Waals surface area contributed by atoms with Crippen molar-refractivity contribution in [2.45, 2.75) is 25.3 Å². The molecule has 0 aliphatic carbocycles. The molecule has 7 heteroatoms. The highest BCUT2D eigenvalue weighted by molar-refractivity contribution is 7.90. The number of nitrogens with one attached hydrogen (secondary N) is 1. The Balaban J connectivity index is 2.20. The van der Waals surface area contributed by atoms with Crippen LogP contribution < -0.4 is 4.72 Å². The third kappa shape index (κ3) is 3.39. The standard InChI is InChI=1S/C12H17ClN2O3S/c13-11-6-1-2-7-12(11)14-19(17,18)15-8-4-3-5-10(15)9-16/h1-2,6-7,10,14,16H,3-5,8-9H2. The van der Waals surface area contributed by atoms with Crippen molar-refractivity contribution in [2.24, 2.45) is 0 Å². The highest BCUT2D eigenvalue weighted by Gasteiger charge is 2.32. The van der Waals surface area contributed by atoms with Crippen LogP contribution in [0.25, 0.3) is 0 Å². The first kappa shape index (κ1) is 14.6. The number of rotatable bonds is 4. The summed E-state index contributed by atoms with van der Waals surface area (Å²) in [4.78, 5) is 0. The van der Waals surface area contributed by atoms with Gasteiger partial charge in [0.15, 0.2) is 0 Å². The van der Waals surface area contributed by atoms with Crippen molar-refractivity contribution in [3.05, 3.63) is 29.3 Å². The molecule has 1 atom stereocenters. The minimum absolute atomic E-state index is 0.163. The summed E-state index contributed by atoms with van der Waals surface area (Å²) in [5.74, 6) is 0. The number of hydrogen-bond acceptors (Lipinski definition) is 3. The lowest BCUT2D eigenvalue weighted by Crippen LogP contribution is -2.47. The van der Waals surface area contributed by atoms with Crippen LogP contribution in [0.5, 0.6) is 0 Å². The molecule has 0 aromatic heterocycles. The van der Waals surface area contributed by atoms with Gasteiger partial charge in [-0.15, -0.1) is 0 Å². The first-order chi connectivity index (χ1) is 9.04. The van der Waals surface area contributed by atoms with Crippen LogP contribution in [0.2, 0.25) is 5.02 Å². The Kier molecular flexibility index (Phi) is 4.67. The van der Waals surface area contributed by atoms with E-state index >= 15 is 0 Å². The number of benzene rings is 1. The van der Waals surface area contributed by atoms with E-state index in [-0.39, 0.29) is 12.6 Å². The number of para-hydroxylation sites is 1. The predicted octanol–water partition coefficient (Wildman–Crippen LogP) is 1.84. The average Bonchev–Trinajstić information content (AvgIpc) is 2.41. The van der Waals surface area contributed by atoms with E-state index < -0.39 is 10.2 Å². The summed E-state index contributed by atoms with van der Waals surface area (Å²) in [7, 11) is -3.68. The van der Waals surface area contributed by atoms with Crippen LogP contribution in [0.3, 0.4) is 0 Å².